The van der Waals surface area contributed by atoms with Crippen LogP contribution in [0.15, 0.2) is 24.3 Å². The second kappa shape index (κ2) is 5.21. The monoisotopic (exact) mass is 232 g/mol. The van der Waals surface area contributed by atoms with Crippen molar-refractivity contribution in [2.75, 3.05) is 13.1 Å². The lowest BCUT2D eigenvalue weighted by Crippen LogP contribution is -2.39. The highest BCUT2D eigenvalue weighted by atomic mass is 16.2. The quantitative estimate of drug-likeness (QED) is 0.835. The van der Waals surface area contributed by atoms with Gasteiger partial charge in [-0.25, -0.2) is 4.79 Å². The van der Waals surface area contributed by atoms with Gasteiger partial charge in [-0.2, -0.15) is 0 Å². The zero-order valence-corrected chi connectivity index (χ0v) is 10.6. The summed E-state index contributed by atoms with van der Waals surface area (Å²) in [5, 5.41) is 3.07. The van der Waals surface area contributed by atoms with Gasteiger partial charge >= 0.3 is 6.03 Å². The van der Waals surface area contributed by atoms with E-state index in [0.29, 0.717) is 0 Å². The van der Waals surface area contributed by atoms with Crippen molar-refractivity contribution < 1.29 is 4.79 Å². The van der Waals surface area contributed by atoms with Crippen LogP contribution >= 0.6 is 0 Å². The number of amides is 2. The molecule has 17 heavy (non-hydrogen) atoms. The molecule has 3 heteroatoms. The maximum Gasteiger partial charge on any atom is 0.317 e. The molecule has 1 heterocycles. The summed E-state index contributed by atoms with van der Waals surface area (Å²) < 4.78 is 0. The van der Waals surface area contributed by atoms with Crippen molar-refractivity contribution >= 4 is 6.03 Å². The van der Waals surface area contributed by atoms with Crippen LogP contribution in [0.3, 0.4) is 0 Å². The number of aryl methyl sites for hydroxylation is 1. The molecule has 2 rings (SSSR count). The lowest BCUT2D eigenvalue weighted by molar-refractivity contribution is 0.205. The highest BCUT2D eigenvalue weighted by Crippen LogP contribution is 2.17. The van der Waals surface area contributed by atoms with E-state index in [1.54, 1.807) is 0 Å². The first-order valence-corrected chi connectivity index (χ1v) is 6.29. The fourth-order valence-electron chi connectivity index (χ4n) is 2.35. The lowest BCUT2D eigenvalue weighted by atomic mass is 10.0. The fourth-order valence-corrected chi connectivity index (χ4v) is 2.35. The molecule has 1 aromatic carbocycles. The van der Waals surface area contributed by atoms with Crippen LogP contribution < -0.4 is 5.32 Å². The normalized spacial score (nSPS) is 16.9. The fraction of sp³-hybridized carbons (Fsp3) is 0.500. The molecule has 1 N–H and O–H groups in total. The summed E-state index contributed by atoms with van der Waals surface area (Å²) in [6.07, 6.45) is 2.26. The van der Waals surface area contributed by atoms with Crippen molar-refractivity contribution in [3.8, 4) is 0 Å². The Bertz CT molecular complexity index is 397. The third-order valence-electron chi connectivity index (χ3n) is 3.39. The number of benzene rings is 1. The van der Waals surface area contributed by atoms with Gasteiger partial charge in [-0.1, -0.05) is 24.3 Å². The van der Waals surface area contributed by atoms with Gasteiger partial charge in [-0.05, 0) is 37.8 Å². The summed E-state index contributed by atoms with van der Waals surface area (Å²) in [5.41, 5.74) is 2.42. The number of hydrogen-bond donors (Lipinski definition) is 1. The topological polar surface area (TPSA) is 32.3 Å². The van der Waals surface area contributed by atoms with E-state index in [1.165, 1.54) is 11.1 Å². The maximum atomic E-state index is 12.0. The van der Waals surface area contributed by atoms with Gasteiger partial charge in [-0.3, -0.25) is 0 Å². The zero-order chi connectivity index (χ0) is 12.3. The van der Waals surface area contributed by atoms with Gasteiger partial charge in [0.25, 0.3) is 0 Å². The highest BCUT2D eigenvalue weighted by Gasteiger charge is 2.19. The Labute approximate surface area is 103 Å². The molecule has 1 fully saturated rings. The van der Waals surface area contributed by atoms with Crippen molar-refractivity contribution in [2.45, 2.75) is 32.7 Å². The van der Waals surface area contributed by atoms with E-state index in [-0.39, 0.29) is 12.1 Å². The zero-order valence-electron chi connectivity index (χ0n) is 10.6. The minimum Gasteiger partial charge on any atom is -0.331 e. The molecule has 3 nitrogen and oxygen atoms in total. The van der Waals surface area contributed by atoms with Crippen LogP contribution in [0.1, 0.15) is 36.9 Å². The van der Waals surface area contributed by atoms with Crippen molar-refractivity contribution in [1.82, 2.24) is 10.2 Å². The largest absolute Gasteiger partial charge is 0.331 e. The number of nitrogens with zero attached hydrogens (tertiary/aromatic N) is 1. The van der Waals surface area contributed by atoms with Gasteiger partial charge in [0.15, 0.2) is 0 Å². The molecule has 0 aliphatic carbocycles. The second-order valence-corrected chi connectivity index (χ2v) is 4.72. The molecule has 1 atom stereocenters. The molecule has 1 unspecified atom stereocenters. The number of rotatable bonds is 2. The standard InChI is InChI=1S/C14H20N2O/c1-11-7-3-4-8-13(11)12(2)15-14(17)16-9-5-6-10-16/h3-4,7-8,12H,5-6,9-10H2,1-2H3,(H,15,17). The molecule has 0 bridgehead atoms. The maximum absolute atomic E-state index is 12.0. The molecular weight excluding hydrogens is 212 g/mol. The van der Waals surface area contributed by atoms with Crippen LogP contribution in [0.2, 0.25) is 0 Å². The minimum absolute atomic E-state index is 0.0678. The number of likely N-dealkylation sites (tertiary alicyclic amines) is 1. The Hall–Kier alpha value is -1.51. The predicted octanol–water partition coefficient (Wildman–Crippen LogP) is 2.86. The highest BCUT2D eigenvalue weighted by molar-refractivity contribution is 5.75. The molecule has 2 amide bonds. The first kappa shape index (κ1) is 12.0. The van der Waals surface area contributed by atoms with E-state index in [2.05, 4.69) is 24.4 Å². The second-order valence-electron chi connectivity index (χ2n) is 4.72. The summed E-state index contributed by atoms with van der Waals surface area (Å²) in [5.74, 6) is 0. The smallest absolute Gasteiger partial charge is 0.317 e. The van der Waals surface area contributed by atoms with E-state index >= 15 is 0 Å². The molecular formula is C14H20N2O. The summed E-state index contributed by atoms with van der Waals surface area (Å²) in [6.45, 7) is 5.91. The van der Waals surface area contributed by atoms with Gasteiger partial charge in [0, 0.05) is 13.1 Å². The Morgan fingerprint density at radius 1 is 1.29 bits per heavy atom. The molecule has 0 radical (unpaired) electrons. The SMILES string of the molecule is Cc1ccccc1C(C)NC(=O)N1CCCC1. The summed E-state index contributed by atoms with van der Waals surface area (Å²) in [7, 11) is 0. The van der Waals surface area contributed by atoms with Crippen LogP contribution in [-0.2, 0) is 0 Å². The predicted molar refractivity (Wildman–Crippen MR) is 68.9 cm³/mol. The first-order chi connectivity index (χ1) is 8.18. The Morgan fingerprint density at radius 2 is 1.94 bits per heavy atom. The molecule has 1 aromatic rings. The van der Waals surface area contributed by atoms with Gasteiger partial charge < -0.3 is 10.2 Å². The Kier molecular flexibility index (Phi) is 3.67. The first-order valence-electron chi connectivity index (χ1n) is 6.29. The number of hydrogen-bond acceptors (Lipinski definition) is 1. The molecule has 1 aliphatic rings. The van der Waals surface area contributed by atoms with Crippen molar-refractivity contribution in [3.05, 3.63) is 35.4 Å². The van der Waals surface area contributed by atoms with Gasteiger partial charge in [0.2, 0.25) is 0 Å². The molecule has 0 spiro atoms. The van der Waals surface area contributed by atoms with E-state index < -0.39 is 0 Å². The Morgan fingerprint density at radius 3 is 2.59 bits per heavy atom. The van der Waals surface area contributed by atoms with E-state index in [9.17, 15) is 4.79 Å². The average Bonchev–Trinajstić information content (AvgIpc) is 2.82. The van der Waals surface area contributed by atoms with Gasteiger partial charge in [0.05, 0.1) is 6.04 Å². The van der Waals surface area contributed by atoms with E-state index in [4.69, 9.17) is 0 Å². The Balaban J connectivity index is 1.99. The van der Waals surface area contributed by atoms with Crippen molar-refractivity contribution in [2.24, 2.45) is 0 Å². The molecule has 1 aliphatic heterocycles. The number of carbonyl (C=O) groups excluding carboxylic acids is 1. The molecule has 1 saturated heterocycles. The minimum atomic E-state index is 0.0678. The van der Waals surface area contributed by atoms with Crippen molar-refractivity contribution in [3.63, 3.8) is 0 Å². The van der Waals surface area contributed by atoms with Crippen LogP contribution in [-0.4, -0.2) is 24.0 Å². The van der Waals surface area contributed by atoms with Crippen LogP contribution in [0.5, 0.6) is 0 Å². The molecule has 0 saturated carbocycles. The summed E-state index contributed by atoms with van der Waals surface area (Å²) in [6, 6.07) is 8.33. The number of urea groups is 1. The summed E-state index contributed by atoms with van der Waals surface area (Å²) in [4.78, 5) is 13.9. The molecule has 0 aromatic heterocycles. The number of nitrogens with one attached hydrogen (secondary N) is 1. The van der Waals surface area contributed by atoms with Gasteiger partial charge in [0.1, 0.15) is 0 Å². The third kappa shape index (κ3) is 2.78. The van der Waals surface area contributed by atoms with Crippen LogP contribution in [0.25, 0.3) is 0 Å². The van der Waals surface area contributed by atoms with Crippen molar-refractivity contribution in [1.29, 1.82) is 0 Å². The van der Waals surface area contributed by atoms with Gasteiger partial charge in [-0.15, -0.1) is 0 Å². The lowest BCUT2D eigenvalue weighted by Gasteiger charge is -2.21. The van der Waals surface area contributed by atoms with E-state index in [0.717, 1.165) is 25.9 Å². The van der Waals surface area contributed by atoms with Crippen LogP contribution in [0, 0.1) is 6.92 Å². The number of carbonyl (C=O) groups is 1. The molecule has 92 valence electrons. The van der Waals surface area contributed by atoms with Crippen LogP contribution in [0.4, 0.5) is 4.79 Å². The van der Waals surface area contributed by atoms with E-state index in [1.807, 2.05) is 24.0 Å². The average molecular weight is 232 g/mol. The third-order valence-corrected chi connectivity index (χ3v) is 3.39. The summed E-state index contributed by atoms with van der Waals surface area (Å²) >= 11 is 0.